The third-order valence-electron chi connectivity index (χ3n) is 3.57. The number of nitrogens with two attached hydrogens (primary N) is 3. The summed E-state index contributed by atoms with van der Waals surface area (Å²) in [4.78, 5) is 19.8. The van der Waals surface area contributed by atoms with Crippen molar-refractivity contribution in [1.29, 1.82) is 0 Å². The first-order valence-electron chi connectivity index (χ1n) is 10.7. The zero-order valence-corrected chi connectivity index (χ0v) is 21.8. The van der Waals surface area contributed by atoms with Gasteiger partial charge in [-0.1, -0.05) is 49.2 Å². The zero-order chi connectivity index (χ0) is 28.1. The van der Waals surface area contributed by atoms with E-state index in [0.717, 1.165) is 12.8 Å². The molecule has 0 saturated carbocycles. The number of guanidine groups is 2. The average molecular weight is 563 g/mol. The minimum absolute atomic E-state index is 0.0211. The highest BCUT2D eigenvalue weighted by atomic mass is 35.5. The van der Waals surface area contributed by atoms with Crippen molar-refractivity contribution in [3.63, 3.8) is 0 Å². The van der Waals surface area contributed by atoms with E-state index in [1.54, 1.807) is 6.07 Å². The highest BCUT2D eigenvalue weighted by Crippen LogP contribution is 2.17. The molecule has 0 fully saturated rings. The molecule has 8 N–H and O–H groups in total. The Morgan fingerprint density at radius 1 is 0.919 bits per heavy atom. The van der Waals surface area contributed by atoms with Crippen molar-refractivity contribution in [2.24, 2.45) is 32.6 Å². The molecule has 0 atom stereocenters. The number of hydroxylamine groups is 2. The van der Waals surface area contributed by atoms with Crippen LogP contribution in [0.2, 0.25) is 10.0 Å². The Kier molecular flexibility index (Phi) is 18.7. The van der Waals surface area contributed by atoms with Gasteiger partial charge < -0.3 is 17.3 Å². The van der Waals surface area contributed by atoms with Crippen LogP contribution in [0.5, 0.6) is 0 Å². The van der Waals surface area contributed by atoms with Crippen molar-refractivity contribution < 1.29 is 23.3 Å². The first kappa shape index (κ1) is 33.5. The summed E-state index contributed by atoms with van der Waals surface area (Å²) >= 11 is 11.3. The molecule has 0 aromatic heterocycles. The highest BCUT2D eigenvalue weighted by molar-refractivity contribution is 6.33. The number of hydrazone groups is 1. The minimum Gasteiger partial charge on any atom is -0.367 e. The quantitative estimate of drug-likeness (QED) is 0.0770. The predicted molar refractivity (Wildman–Crippen MR) is 142 cm³/mol. The van der Waals surface area contributed by atoms with Crippen LogP contribution in [-0.4, -0.2) is 37.6 Å². The average Bonchev–Trinajstić information content (AvgIpc) is 2.87. The summed E-state index contributed by atoms with van der Waals surface area (Å²) < 4.78 is 25.9. The third-order valence-corrected chi connectivity index (χ3v) is 4.23. The van der Waals surface area contributed by atoms with Gasteiger partial charge in [-0.2, -0.15) is 5.10 Å². The molecule has 2 aromatic carbocycles. The summed E-state index contributed by atoms with van der Waals surface area (Å²) in [6.45, 7) is 5.03. The molecule has 0 aliphatic heterocycles. The number of carbonyl (C=O) groups is 1. The monoisotopic (exact) mass is 562 g/mol. The van der Waals surface area contributed by atoms with Gasteiger partial charge in [-0.25, -0.2) is 19.7 Å². The second-order valence-electron chi connectivity index (χ2n) is 6.53. The fourth-order valence-electron chi connectivity index (χ4n) is 1.91. The van der Waals surface area contributed by atoms with Gasteiger partial charge in [0.2, 0.25) is 11.9 Å². The first-order chi connectivity index (χ1) is 17.7. The molecule has 0 aliphatic carbocycles. The van der Waals surface area contributed by atoms with Crippen LogP contribution >= 0.6 is 23.2 Å². The molecule has 0 spiro atoms. The van der Waals surface area contributed by atoms with Gasteiger partial charge in [0.1, 0.15) is 11.6 Å². The van der Waals surface area contributed by atoms with Crippen LogP contribution < -0.4 is 28.3 Å². The molecule has 0 bridgehead atoms. The van der Waals surface area contributed by atoms with Crippen molar-refractivity contribution in [2.45, 2.75) is 26.7 Å². The molecular weight excluding hydrogens is 533 g/mol. The van der Waals surface area contributed by atoms with Crippen LogP contribution in [0.15, 0.2) is 51.7 Å². The summed E-state index contributed by atoms with van der Waals surface area (Å²) in [6, 6.07) is 8.45. The van der Waals surface area contributed by atoms with Crippen LogP contribution in [0.3, 0.4) is 0 Å². The van der Waals surface area contributed by atoms with E-state index >= 15 is 0 Å². The summed E-state index contributed by atoms with van der Waals surface area (Å²) in [7, 11) is 0. The maximum atomic E-state index is 13.3. The number of hydrogen-bond acceptors (Lipinski definition) is 7. The van der Waals surface area contributed by atoms with Gasteiger partial charge in [0.05, 0.1) is 35.0 Å². The van der Waals surface area contributed by atoms with E-state index < -0.39 is 11.6 Å². The number of carbonyl (C=O) groups excluding carboxylic acids is 1. The van der Waals surface area contributed by atoms with Crippen LogP contribution in [0, 0.1) is 11.6 Å². The van der Waals surface area contributed by atoms with Crippen molar-refractivity contribution in [2.75, 3.05) is 13.2 Å². The number of hydrogen-bond donors (Lipinski definition) is 5. The lowest BCUT2D eigenvalue weighted by atomic mass is 10.2. The fraction of sp³-hybridized carbons (Fsp3) is 0.273. The molecule has 204 valence electrons. The molecule has 0 heterocycles. The fourth-order valence-corrected chi connectivity index (χ4v) is 2.33. The summed E-state index contributed by atoms with van der Waals surface area (Å²) in [5, 5.41) is 10.7. The largest absolute Gasteiger partial charge is 0.367 e. The topological polar surface area (TPSA) is 175 Å². The normalized spacial score (nSPS) is 11.2. The lowest BCUT2D eigenvalue weighted by Gasteiger charge is -2.02. The second-order valence-corrected chi connectivity index (χ2v) is 7.35. The third kappa shape index (κ3) is 15.3. The van der Waals surface area contributed by atoms with Crippen molar-refractivity contribution in [3.05, 3.63) is 69.2 Å². The number of rotatable bonds is 9. The predicted octanol–water partition coefficient (Wildman–Crippen LogP) is 3.46. The van der Waals surface area contributed by atoms with Crippen LogP contribution in [0.4, 0.5) is 8.78 Å². The van der Waals surface area contributed by atoms with Crippen molar-refractivity contribution in [1.82, 2.24) is 11.0 Å². The molecule has 0 amide bonds. The van der Waals surface area contributed by atoms with Gasteiger partial charge in [-0.05, 0) is 37.1 Å². The van der Waals surface area contributed by atoms with Crippen LogP contribution in [0.1, 0.15) is 42.6 Å². The number of nitrogens with zero attached hydrogens (tertiary/aromatic N) is 3. The van der Waals surface area contributed by atoms with Gasteiger partial charge in [-0.15, -0.1) is 10.2 Å². The van der Waals surface area contributed by atoms with E-state index in [2.05, 4.69) is 26.3 Å². The van der Waals surface area contributed by atoms with E-state index in [-0.39, 0.29) is 33.1 Å². The Labute approximate surface area is 223 Å². The van der Waals surface area contributed by atoms with Crippen LogP contribution in [0.25, 0.3) is 0 Å². The summed E-state index contributed by atoms with van der Waals surface area (Å²) in [6.07, 6.45) is 3.35. The molecular formula is C22H30Cl2F2N8O3. The Balaban J connectivity index is 0.000000577. The Morgan fingerprint density at radius 2 is 1.41 bits per heavy atom. The SMILES string of the molecule is CCCONC(N)=N/N=C/c1c(F)cccc1Cl.CCCONC(N)=NN.O=Cc1c(F)cccc1Cl. The van der Waals surface area contributed by atoms with E-state index in [4.69, 9.17) is 50.2 Å². The molecule has 2 rings (SSSR count). The zero-order valence-electron chi connectivity index (χ0n) is 20.3. The molecule has 11 nitrogen and oxygen atoms in total. The van der Waals surface area contributed by atoms with Gasteiger partial charge in [0.25, 0.3) is 0 Å². The van der Waals surface area contributed by atoms with Crippen molar-refractivity contribution >= 4 is 47.6 Å². The van der Waals surface area contributed by atoms with E-state index in [1.165, 1.54) is 36.5 Å². The first-order valence-corrected chi connectivity index (χ1v) is 11.5. The number of halogens is 4. The molecule has 37 heavy (non-hydrogen) atoms. The van der Waals surface area contributed by atoms with Crippen molar-refractivity contribution in [3.8, 4) is 0 Å². The summed E-state index contributed by atoms with van der Waals surface area (Å²) in [5.41, 5.74) is 15.3. The lowest BCUT2D eigenvalue weighted by molar-refractivity contribution is 0.0845. The number of benzene rings is 2. The molecule has 2 aromatic rings. The van der Waals surface area contributed by atoms with E-state index in [1.807, 2.05) is 13.8 Å². The highest BCUT2D eigenvalue weighted by Gasteiger charge is 2.04. The summed E-state index contributed by atoms with van der Waals surface area (Å²) in [5.74, 6) is 3.78. The molecule has 15 heteroatoms. The van der Waals surface area contributed by atoms with Gasteiger partial charge in [0.15, 0.2) is 6.29 Å². The second kappa shape index (κ2) is 20.7. The van der Waals surface area contributed by atoms with E-state index in [9.17, 15) is 13.6 Å². The maximum Gasteiger partial charge on any atom is 0.237 e. The molecule has 0 unspecified atom stereocenters. The Morgan fingerprint density at radius 3 is 1.81 bits per heavy atom. The Bertz CT molecular complexity index is 1000. The minimum atomic E-state index is -0.581. The van der Waals surface area contributed by atoms with E-state index in [0.29, 0.717) is 19.5 Å². The molecule has 0 radical (unpaired) electrons. The lowest BCUT2D eigenvalue weighted by Crippen LogP contribution is -2.32. The standard InChI is InChI=1S/C11H14ClFN4O.C7H4ClFO.C4H12N4O/c1-2-6-18-17-11(14)16-15-7-8-9(12)4-3-5-10(8)13;8-6-2-1-3-7(9)5(6)4-10;1-2-3-9-8-4(5)7-6/h3-5,7H,2,6H2,1H3,(H3,14,16,17);1-4H;2-3,6H2,1H3,(H3,5,7,8)/b15-7+;;. The Hall–Kier alpha value is -3.52. The molecule has 0 aliphatic rings. The maximum absolute atomic E-state index is 13.3. The van der Waals surface area contributed by atoms with Gasteiger partial charge in [-0.3, -0.25) is 14.5 Å². The number of aldehydes is 1. The molecule has 0 saturated heterocycles. The van der Waals surface area contributed by atoms with Gasteiger partial charge >= 0.3 is 0 Å². The van der Waals surface area contributed by atoms with Crippen LogP contribution in [-0.2, 0) is 9.68 Å². The number of nitrogens with one attached hydrogen (secondary N) is 2. The van der Waals surface area contributed by atoms with Gasteiger partial charge in [0, 0.05) is 5.56 Å². The smallest absolute Gasteiger partial charge is 0.237 e.